The molecule has 0 fully saturated rings. The lowest BCUT2D eigenvalue weighted by Gasteiger charge is -2.10. The van der Waals surface area contributed by atoms with Crippen molar-refractivity contribution < 1.29 is 13.3 Å². The summed E-state index contributed by atoms with van der Waals surface area (Å²) >= 11 is 0. The summed E-state index contributed by atoms with van der Waals surface area (Å²) in [6, 6.07) is 3.74. The van der Waals surface area contributed by atoms with E-state index < -0.39 is 14.9 Å². The average molecular weight is 315 g/mol. The second kappa shape index (κ2) is 7.37. The van der Waals surface area contributed by atoms with Gasteiger partial charge in [-0.15, -0.1) is 0 Å². The summed E-state index contributed by atoms with van der Waals surface area (Å²) in [7, 11) is -3.65. The molecule has 2 N–H and O–H groups in total. The van der Waals surface area contributed by atoms with Crippen molar-refractivity contribution in [1.29, 1.82) is 0 Å². The van der Waals surface area contributed by atoms with Gasteiger partial charge in [0, 0.05) is 19.2 Å². The van der Waals surface area contributed by atoms with E-state index in [0.717, 1.165) is 6.42 Å². The number of hydrogen-bond acceptors (Lipinski definition) is 5. The van der Waals surface area contributed by atoms with Gasteiger partial charge >= 0.3 is 0 Å². The summed E-state index contributed by atoms with van der Waals surface area (Å²) < 4.78 is 26.8. The van der Waals surface area contributed by atoms with Gasteiger partial charge in [0.25, 0.3) is 5.69 Å². The van der Waals surface area contributed by atoms with E-state index in [0.29, 0.717) is 19.0 Å². The first-order valence-corrected chi connectivity index (χ1v) is 8.28. The van der Waals surface area contributed by atoms with E-state index >= 15 is 0 Å². The first-order chi connectivity index (χ1) is 9.77. The first-order valence-electron chi connectivity index (χ1n) is 6.80. The zero-order valence-corrected chi connectivity index (χ0v) is 13.2. The molecule has 0 saturated heterocycles. The van der Waals surface area contributed by atoms with Crippen molar-refractivity contribution in [3.63, 3.8) is 0 Å². The fourth-order valence-corrected chi connectivity index (χ4v) is 2.81. The number of benzene rings is 1. The molecule has 0 amide bonds. The number of rotatable bonds is 8. The molecule has 0 aliphatic rings. The molecule has 1 aromatic rings. The molecule has 1 rings (SSSR count). The maximum Gasteiger partial charge on any atom is 0.292 e. The molecule has 0 aromatic heterocycles. The highest BCUT2D eigenvalue weighted by Crippen LogP contribution is 2.27. The van der Waals surface area contributed by atoms with Crippen LogP contribution in [0.1, 0.15) is 27.2 Å². The molecule has 0 heterocycles. The van der Waals surface area contributed by atoms with E-state index in [2.05, 4.69) is 10.0 Å². The Morgan fingerprint density at radius 1 is 1.33 bits per heavy atom. The van der Waals surface area contributed by atoms with Gasteiger partial charge in [-0.1, -0.05) is 13.8 Å². The monoisotopic (exact) mass is 315 g/mol. The minimum absolute atomic E-state index is 0.0211. The van der Waals surface area contributed by atoms with E-state index in [4.69, 9.17) is 0 Å². The van der Waals surface area contributed by atoms with Crippen LogP contribution in [0.4, 0.5) is 11.4 Å². The summed E-state index contributed by atoms with van der Waals surface area (Å²) in [5, 5.41) is 13.7. The van der Waals surface area contributed by atoms with Crippen LogP contribution in [0.3, 0.4) is 0 Å². The number of nitro benzene ring substituents is 1. The molecular formula is C13H21N3O4S. The van der Waals surface area contributed by atoms with Gasteiger partial charge in [-0.2, -0.15) is 0 Å². The van der Waals surface area contributed by atoms with Crippen molar-refractivity contribution >= 4 is 21.4 Å². The molecule has 0 saturated carbocycles. The summed E-state index contributed by atoms with van der Waals surface area (Å²) in [5.74, 6) is 0.391. The zero-order valence-electron chi connectivity index (χ0n) is 12.4. The molecule has 8 heteroatoms. The highest BCUT2D eigenvalue weighted by molar-refractivity contribution is 7.89. The van der Waals surface area contributed by atoms with E-state index in [9.17, 15) is 18.5 Å². The quantitative estimate of drug-likeness (QED) is 0.566. The maximum absolute atomic E-state index is 12.1. The molecule has 0 atom stereocenters. The molecule has 118 valence electrons. The lowest BCUT2D eigenvalue weighted by Crippen LogP contribution is -2.25. The van der Waals surface area contributed by atoms with E-state index in [1.54, 1.807) is 6.92 Å². The van der Waals surface area contributed by atoms with Crippen LogP contribution in [0.25, 0.3) is 0 Å². The van der Waals surface area contributed by atoms with Crippen LogP contribution < -0.4 is 10.0 Å². The predicted octanol–water partition coefficient (Wildman–Crippen LogP) is 2.35. The molecule has 7 nitrogen and oxygen atoms in total. The second-order valence-corrected chi connectivity index (χ2v) is 6.81. The average Bonchev–Trinajstić information content (AvgIpc) is 2.38. The van der Waals surface area contributed by atoms with E-state index in [-0.39, 0.29) is 16.3 Å². The van der Waals surface area contributed by atoms with E-state index in [1.165, 1.54) is 18.2 Å². The molecular weight excluding hydrogens is 294 g/mol. The minimum atomic E-state index is -3.65. The van der Waals surface area contributed by atoms with Crippen LogP contribution in [-0.2, 0) is 10.0 Å². The van der Waals surface area contributed by atoms with Gasteiger partial charge in [0.15, 0.2) is 0 Å². The number of nitro groups is 1. The number of nitrogens with one attached hydrogen (secondary N) is 2. The Labute approximate surface area is 124 Å². The Morgan fingerprint density at radius 3 is 2.52 bits per heavy atom. The Balaban J connectivity index is 3.02. The van der Waals surface area contributed by atoms with Crippen LogP contribution in [0, 0.1) is 16.0 Å². The molecule has 0 aliphatic heterocycles. The predicted molar refractivity (Wildman–Crippen MR) is 81.9 cm³/mol. The fraction of sp³-hybridized carbons (Fsp3) is 0.538. The van der Waals surface area contributed by atoms with Crippen molar-refractivity contribution in [2.45, 2.75) is 32.1 Å². The van der Waals surface area contributed by atoms with Crippen molar-refractivity contribution in [3.05, 3.63) is 28.3 Å². The van der Waals surface area contributed by atoms with Gasteiger partial charge in [0.05, 0.1) is 9.82 Å². The van der Waals surface area contributed by atoms with Crippen LogP contribution in [0.15, 0.2) is 23.1 Å². The van der Waals surface area contributed by atoms with Crippen molar-refractivity contribution in [2.75, 3.05) is 18.4 Å². The Morgan fingerprint density at radius 2 is 2.00 bits per heavy atom. The highest BCUT2D eigenvalue weighted by atomic mass is 32.2. The van der Waals surface area contributed by atoms with Gasteiger partial charge in [0.2, 0.25) is 10.0 Å². The molecule has 1 aromatic carbocycles. The third-order valence-electron chi connectivity index (χ3n) is 2.86. The minimum Gasteiger partial charge on any atom is -0.380 e. The van der Waals surface area contributed by atoms with Crippen molar-refractivity contribution in [1.82, 2.24) is 4.72 Å². The summed E-state index contributed by atoms with van der Waals surface area (Å²) in [6.45, 7) is 6.59. The SMILES string of the molecule is CCNc1cc(S(=O)(=O)NCCC(C)C)ccc1[N+](=O)[O-]. The molecule has 0 bridgehead atoms. The van der Waals surface area contributed by atoms with Crippen molar-refractivity contribution in [3.8, 4) is 0 Å². The summed E-state index contributed by atoms with van der Waals surface area (Å²) in [6.07, 6.45) is 0.728. The molecule has 0 spiro atoms. The first kappa shape index (κ1) is 17.4. The molecule has 0 radical (unpaired) electrons. The van der Waals surface area contributed by atoms with Crippen molar-refractivity contribution in [2.24, 2.45) is 5.92 Å². The molecule has 0 aliphatic carbocycles. The van der Waals surface area contributed by atoms with Crippen LogP contribution >= 0.6 is 0 Å². The Kier molecular flexibility index (Phi) is 6.10. The third kappa shape index (κ3) is 4.98. The lowest BCUT2D eigenvalue weighted by molar-refractivity contribution is -0.384. The molecule has 21 heavy (non-hydrogen) atoms. The number of sulfonamides is 1. The number of anilines is 1. The third-order valence-corrected chi connectivity index (χ3v) is 4.31. The smallest absolute Gasteiger partial charge is 0.292 e. The number of nitrogens with zero attached hydrogens (tertiary/aromatic N) is 1. The highest BCUT2D eigenvalue weighted by Gasteiger charge is 2.20. The van der Waals surface area contributed by atoms with Crippen LogP contribution in [-0.4, -0.2) is 26.4 Å². The topological polar surface area (TPSA) is 101 Å². The van der Waals surface area contributed by atoms with Crippen LogP contribution in [0.5, 0.6) is 0 Å². The zero-order chi connectivity index (χ0) is 16.0. The van der Waals surface area contributed by atoms with Gasteiger partial charge < -0.3 is 5.32 Å². The summed E-state index contributed by atoms with van der Waals surface area (Å²) in [4.78, 5) is 10.4. The normalized spacial score (nSPS) is 11.6. The van der Waals surface area contributed by atoms with Gasteiger partial charge in [0.1, 0.15) is 5.69 Å². The Bertz CT molecular complexity index is 599. The summed E-state index contributed by atoms with van der Waals surface area (Å²) in [5.41, 5.74) is 0.0622. The van der Waals surface area contributed by atoms with Crippen LogP contribution in [0.2, 0.25) is 0 Å². The maximum atomic E-state index is 12.1. The second-order valence-electron chi connectivity index (χ2n) is 5.05. The number of hydrogen-bond donors (Lipinski definition) is 2. The molecule has 0 unspecified atom stereocenters. The fourth-order valence-electron chi connectivity index (χ4n) is 1.74. The Hall–Kier alpha value is -1.67. The van der Waals surface area contributed by atoms with Gasteiger partial charge in [-0.3, -0.25) is 10.1 Å². The van der Waals surface area contributed by atoms with Gasteiger partial charge in [-0.05, 0) is 31.4 Å². The lowest BCUT2D eigenvalue weighted by atomic mass is 10.1. The standard InChI is InChI=1S/C13H21N3O4S/c1-4-14-12-9-11(5-6-13(12)16(17)18)21(19,20)15-8-7-10(2)3/h5-6,9-10,14-15H,4,7-8H2,1-3H3. The largest absolute Gasteiger partial charge is 0.380 e. The van der Waals surface area contributed by atoms with E-state index in [1.807, 2.05) is 13.8 Å². The van der Waals surface area contributed by atoms with Gasteiger partial charge in [-0.25, -0.2) is 13.1 Å².